The Kier molecular flexibility index (Phi) is 2.68. The number of hydrogen-bond donors (Lipinski definition) is 1. The number of alkyl halides is 3. The summed E-state index contributed by atoms with van der Waals surface area (Å²) >= 11 is 0. The van der Waals surface area contributed by atoms with Gasteiger partial charge in [-0.05, 0) is 6.92 Å². The molecule has 1 nitrogen and oxygen atoms in total. The van der Waals surface area contributed by atoms with Gasteiger partial charge in [0.25, 0.3) is 0 Å². The van der Waals surface area contributed by atoms with E-state index in [9.17, 15) is 17.6 Å². The average molecular weight is 157 g/mol. The summed E-state index contributed by atoms with van der Waals surface area (Å²) in [6.07, 6.45) is -4.62. The fraction of sp³-hybridized carbons (Fsp3) is 0.600. The molecule has 0 amide bonds. The van der Waals surface area contributed by atoms with Gasteiger partial charge in [0.15, 0.2) is 0 Å². The van der Waals surface area contributed by atoms with Gasteiger partial charge >= 0.3 is 6.18 Å². The Bertz CT molecular complexity index is 142. The van der Waals surface area contributed by atoms with Crippen molar-refractivity contribution < 1.29 is 17.6 Å². The molecule has 0 aliphatic heterocycles. The summed E-state index contributed by atoms with van der Waals surface area (Å²) in [6.45, 7) is 0.749. The molecule has 0 fully saturated rings. The van der Waals surface area contributed by atoms with Crippen LogP contribution in [0.4, 0.5) is 17.6 Å². The van der Waals surface area contributed by atoms with Crippen molar-refractivity contribution in [1.29, 1.82) is 0 Å². The summed E-state index contributed by atoms with van der Waals surface area (Å²) in [6, 6.07) is 0. The maximum atomic E-state index is 12.0. The second kappa shape index (κ2) is 2.90. The van der Waals surface area contributed by atoms with E-state index in [-0.39, 0.29) is 0 Å². The molecule has 0 rings (SSSR count). The molecule has 0 aliphatic rings. The maximum absolute atomic E-state index is 12.0. The van der Waals surface area contributed by atoms with E-state index >= 15 is 0 Å². The molecule has 1 N–H and O–H groups in total. The standard InChI is InChI=1S/C5H7F4N/c1-3(6)4(10-2)5(7,8)9/h10H,1-2H3/b4-3+. The van der Waals surface area contributed by atoms with Crippen LogP contribution in [0.15, 0.2) is 11.5 Å². The summed E-state index contributed by atoms with van der Waals surface area (Å²) in [5.74, 6) is -1.25. The first-order chi connectivity index (χ1) is 4.39. The fourth-order valence-electron chi connectivity index (χ4n) is 0.509. The van der Waals surface area contributed by atoms with Crippen LogP contribution >= 0.6 is 0 Å². The molecule has 0 saturated carbocycles. The van der Waals surface area contributed by atoms with Crippen molar-refractivity contribution in [3.05, 3.63) is 11.5 Å². The summed E-state index contributed by atoms with van der Waals surface area (Å²) in [5.41, 5.74) is -1.33. The molecule has 0 aromatic carbocycles. The van der Waals surface area contributed by atoms with Crippen LogP contribution in [0.25, 0.3) is 0 Å². The van der Waals surface area contributed by atoms with Crippen molar-refractivity contribution in [3.8, 4) is 0 Å². The Morgan fingerprint density at radius 1 is 1.30 bits per heavy atom. The third-order valence-electron chi connectivity index (χ3n) is 0.878. The highest BCUT2D eigenvalue weighted by Crippen LogP contribution is 2.25. The van der Waals surface area contributed by atoms with Crippen molar-refractivity contribution in [1.82, 2.24) is 5.32 Å². The lowest BCUT2D eigenvalue weighted by atomic mass is 10.4. The van der Waals surface area contributed by atoms with E-state index in [0.717, 1.165) is 14.0 Å². The average Bonchev–Trinajstić information content (AvgIpc) is 1.60. The second-order valence-electron chi connectivity index (χ2n) is 1.66. The second-order valence-corrected chi connectivity index (χ2v) is 1.66. The molecule has 60 valence electrons. The zero-order valence-electron chi connectivity index (χ0n) is 5.51. The molecule has 0 aromatic rings. The van der Waals surface area contributed by atoms with E-state index in [1.165, 1.54) is 0 Å². The van der Waals surface area contributed by atoms with Crippen LogP contribution in [0.3, 0.4) is 0 Å². The molecule has 0 saturated heterocycles. The Hall–Kier alpha value is -0.740. The van der Waals surface area contributed by atoms with Gasteiger partial charge in [0.2, 0.25) is 0 Å². The SMILES string of the molecule is CN/C(=C(\C)F)C(F)(F)F. The highest BCUT2D eigenvalue weighted by molar-refractivity contribution is 5.08. The van der Waals surface area contributed by atoms with Crippen molar-refractivity contribution in [2.24, 2.45) is 0 Å². The summed E-state index contributed by atoms with van der Waals surface area (Å²) in [5, 5.41) is 1.72. The van der Waals surface area contributed by atoms with E-state index < -0.39 is 17.7 Å². The van der Waals surface area contributed by atoms with E-state index in [1.807, 2.05) is 0 Å². The van der Waals surface area contributed by atoms with E-state index in [0.29, 0.717) is 0 Å². The van der Waals surface area contributed by atoms with Gasteiger partial charge in [-0.25, -0.2) is 4.39 Å². The minimum absolute atomic E-state index is 0.749. The van der Waals surface area contributed by atoms with E-state index in [4.69, 9.17) is 0 Å². The molecule has 0 atom stereocenters. The normalized spacial score (nSPS) is 14.6. The van der Waals surface area contributed by atoms with Gasteiger partial charge in [0.05, 0.1) is 0 Å². The highest BCUT2D eigenvalue weighted by Gasteiger charge is 2.35. The Labute approximate surface area is 55.7 Å². The van der Waals surface area contributed by atoms with Crippen LogP contribution < -0.4 is 5.32 Å². The first-order valence-corrected chi connectivity index (χ1v) is 2.51. The Balaban J connectivity index is 4.55. The lowest BCUT2D eigenvalue weighted by molar-refractivity contribution is -0.0980. The van der Waals surface area contributed by atoms with Gasteiger partial charge in [-0.2, -0.15) is 13.2 Å². The zero-order valence-corrected chi connectivity index (χ0v) is 5.51. The minimum atomic E-state index is -4.62. The first kappa shape index (κ1) is 9.26. The van der Waals surface area contributed by atoms with Crippen molar-refractivity contribution in [2.45, 2.75) is 13.1 Å². The highest BCUT2D eigenvalue weighted by atomic mass is 19.4. The van der Waals surface area contributed by atoms with Crippen LogP contribution in [-0.4, -0.2) is 13.2 Å². The van der Waals surface area contributed by atoms with Crippen molar-refractivity contribution in [3.63, 3.8) is 0 Å². The predicted molar refractivity (Wildman–Crippen MR) is 28.9 cm³/mol. The quantitative estimate of drug-likeness (QED) is 0.574. The molecule has 5 heteroatoms. The smallest absolute Gasteiger partial charge is 0.382 e. The predicted octanol–water partition coefficient (Wildman–Crippen LogP) is 1.97. The fourth-order valence-corrected chi connectivity index (χ4v) is 0.509. The number of rotatable bonds is 1. The molecule has 0 heterocycles. The molecule has 0 radical (unpaired) electrons. The molecular weight excluding hydrogens is 150 g/mol. The monoisotopic (exact) mass is 157 g/mol. The molecule has 0 aromatic heterocycles. The van der Waals surface area contributed by atoms with Crippen LogP contribution in [0.5, 0.6) is 0 Å². The van der Waals surface area contributed by atoms with Gasteiger partial charge in [0, 0.05) is 7.05 Å². The largest absolute Gasteiger partial charge is 0.433 e. The summed E-state index contributed by atoms with van der Waals surface area (Å²) < 4.78 is 46.8. The molecule has 0 aliphatic carbocycles. The topological polar surface area (TPSA) is 12.0 Å². The lowest BCUT2D eigenvalue weighted by Gasteiger charge is -2.09. The van der Waals surface area contributed by atoms with Gasteiger partial charge in [-0.3, -0.25) is 0 Å². The molecule has 0 spiro atoms. The molecule has 0 bridgehead atoms. The number of allylic oxidation sites excluding steroid dienone is 2. The first-order valence-electron chi connectivity index (χ1n) is 2.51. The number of hydrogen-bond acceptors (Lipinski definition) is 1. The van der Waals surface area contributed by atoms with Gasteiger partial charge in [0.1, 0.15) is 11.5 Å². The third-order valence-corrected chi connectivity index (χ3v) is 0.878. The van der Waals surface area contributed by atoms with Crippen LogP contribution in [0.2, 0.25) is 0 Å². The zero-order chi connectivity index (χ0) is 8.36. The van der Waals surface area contributed by atoms with Gasteiger partial charge < -0.3 is 5.32 Å². The van der Waals surface area contributed by atoms with Crippen LogP contribution in [0.1, 0.15) is 6.92 Å². The van der Waals surface area contributed by atoms with Crippen molar-refractivity contribution in [2.75, 3.05) is 7.05 Å². The van der Waals surface area contributed by atoms with Crippen molar-refractivity contribution >= 4 is 0 Å². The van der Waals surface area contributed by atoms with Crippen LogP contribution in [-0.2, 0) is 0 Å². The van der Waals surface area contributed by atoms with Gasteiger partial charge in [-0.15, -0.1) is 0 Å². The Morgan fingerprint density at radius 2 is 1.70 bits per heavy atom. The van der Waals surface area contributed by atoms with E-state index in [2.05, 4.69) is 0 Å². The third kappa shape index (κ3) is 2.24. The van der Waals surface area contributed by atoms with Gasteiger partial charge in [-0.1, -0.05) is 0 Å². The number of halogens is 4. The molecule has 10 heavy (non-hydrogen) atoms. The number of nitrogens with one attached hydrogen (secondary N) is 1. The Morgan fingerprint density at radius 3 is 1.70 bits per heavy atom. The lowest BCUT2D eigenvalue weighted by Crippen LogP contribution is -2.23. The summed E-state index contributed by atoms with van der Waals surface area (Å²) in [7, 11) is 1.02. The molecular formula is C5H7F4N. The molecule has 0 unspecified atom stereocenters. The maximum Gasteiger partial charge on any atom is 0.433 e. The summed E-state index contributed by atoms with van der Waals surface area (Å²) in [4.78, 5) is 0. The van der Waals surface area contributed by atoms with E-state index in [1.54, 1.807) is 5.32 Å². The minimum Gasteiger partial charge on any atom is -0.382 e. The van der Waals surface area contributed by atoms with Crippen LogP contribution in [0, 0.1) is 0 Å².